The van der Waals surface area contributed by atoms with E-state index in [0.29, 0.717) is 21.4 Å². The molecule has 19 heavy (non-hydrogen) atoms. The smallest absolute Gasteiger partial charge is 0.275 e. The van der Waals surface area contributed by atoms with Gasteiger partial charge in [-0.15, -0.1) is 0 Å². The van der Waals surface area contributed by atoms with Crippen molar-refractivity contribution in [2.75, 3.05) is 5.32 Å². The van der Waals surface area contributed by atoms with Crippen molar-refractivity contribution in [3.63, 3.8) is 0 Å². The average Bonchev–Trinajstić information content (AvgIpc) is 2.70. The normalized spacial score (nSPS) is 15.5. The molecule has 1 amide bonds. The van der Waals surface area contributed by atoms with E-state index in [9.17, 15) is 4.79 Å². The van der Waals surface area contributed by atoms with E-state index < -0.39 is 0 Å². The predicted octanol–water partition coefficient (Wildman–Crippen LogP) is 4.07. The minimum atomic E-state index is -0.253. The number of halogens is 2. The van der Waals surface area contributed by atoms with Crippen LogP contribution in [0.4, 0.5) is 11.4 Å². The maximum absolute atomic E-state index is 11.9. The second-order valence-corrected chi connectivity index (χ2v) is 4.84. The Morgan fingerprint density at radius 1 is 0.947 bits per heavy atom. The number of nitrogens with one attached hydrogen (secondary N) is 1. The van der Waals surface area contributed by atoms with Crippen LogP contribution in [0.1, 0.15) is 5.56 Å². The number of aliphatic imine (C=N–C) groups is 1. The third kappa shape index (κ3) is 2.11. The summed E-state index contributed by atoms with van der Waals surface area (Å²) in [5, 5.41) is 3.58. The molecule has 0 radical (unpaired) electrons. The van der Waals surface area contributed by atoms with Crippen molar-refractivity contribution in [1.82, 2.24) is 0 Å². The number of benzene rings is 2. The fraction of sp³-hybridized carbons (Fsp3) is 0. The SMILES string of the molecule is O=C1Nc2ccccc2C1=Nc1c(Cl)cccc1Cl. The van der Waals surface area contributed by atoms with E-state index in [2.05, 4.69) is 10.3 Å². The average molecular weight is 291 g/mol. The summed E-state index contributed by atoms with van der Waals surface area (Å²) in [6, 6.07) is 12.5. The van der Waals surface area contributed by atoms with Crippen LogP contribution in [0.25, 0.3) is 0 Å². The van der Waals surface area contributed by atoms with Gasteiger partial charge in [-0.3, -0.25) is 4.79 Å². The number of anilines is 1. The van der Waals surface area contributed by atoms with Gasteiger partial charge in [0, 0.05) is 5.56 Å². The number of hydrogen-bond donors (Lipinski definition) is 1. The zero-order chi connectivity index (χ0) is 13.4. The molecule has 0 aliphatic carbocycles. The van der Waals surface area contributed by atoms with E-state index in [0.717, 1.165) is 11.3 Å². The highest BCUT2D eigenvalue weighted by atomic mass is 35.5. The van der Waals surface area contributed by atoms with E-state index in [4.69, 9.17) is 23.2 Å². The molecule has 0 unspecified atom stereocenters. The summed E-state index contributed by atoms with van der Waals surface area (Å²) in [7, 11) is 0. The molecule has 1 aliphatic heterocycles. The predicted molar refractivity (Wildman–Crippen MR) is 77.7 cm³/mol. The van der Waals surface area contributed by atoms with Gasteiger partial charge in [-0.05, 0) is 18.2 Å². The van der Waals surface area contributed by atoms with Crippen molar-refractivity contribution in [3.05, 3.63) is 58.1 Å². The number of carbonyl (C=O) groups excluding carboxylic acids is 1. The Bertz CT molecular complexity index is 690. The molecule has 0 spiro atoms. The molecular weight excluding hydrogens is 283 g/mol. The molecule has 3 nitrogen and oxygen atoms in total. The second kappa shape index (κ2) is 4.68. The van der Waals surface area contributed by atoms with E-state index in [-0.39, 0.29) is 5.91 Å². The summed E-state index contributed by atoms with van der Waals surface area (Å²) in [6.07, 6.45) is 0. The Balaban J connectivity index is 2.17. The van der Waals surface area contributed by atoms with Crippen molar-refractivity contribution in [1.29, 1.82) is 0 Å². The highest BCUT2D eigenvalue weighted by Crippen LogP contribution is 2.34. The van der Waals surface area contributed by atoms with Gasteiger partial charge in [0.2, 0.25) is 0 Å². The fourth-order valence-electron chi connectivity index (χ4n) is 1.92. The molecule has 1 N–H and O–H groups in total. The largest absolute Gasteiger partial charge is 0.320 e. The topological polar surface area (TPSA) is 41.5 Å². The maximum atomic E-state index is 11.9. The standard InChI is InChI=1S/C14H8Cl2N2O/c15-9-5-3-6-10(16)13(9)18-12-8-4-1-2-7-11(8)17-14(12)19/h1-7H,(H,17,18,19). The van der Waals surface area contributed by atoms with Crippen LogP contribution in [0.2, 0.25) is 10.0 Å². The monoisotopic (exact) mass is 290 g/mol. The van der Waals surface area contributed by atoms with Crippen molar-refractivity contribution in [3.8, 4) is 0 Å². The zero-order valence-electron chi connectivity index (χ0n) is 9.65. The molecule has 94 valence electrons. The van der Waals surface area contributed by atoms with Gasteiger partial charge in [0.25, 0.3) is 5.91 Å². The molecule has 3 rings (SSSR count). The van der Waals surface area contributed by atoms with E-state index in [1.165, 1.54) is 0 Å². The van der Waals surface area contributed by atoms with Crippen LogP contribution in [0, 0.1) is 0 Å². The number of nitrogens with zero attached hydrogens (tertiary/aromatic N) is 1. The first-order valence-electron chi connectivity index (χ1n) is 5.60. The lowest BCUT2D eigenvalue weighted by molar-refractivity contribution is -0.110. The van der Waals surface area contributed by atoms with Crippen LogP contribution < -0.4 is 5.32 Å². The molecule has 0 saturated carbocycles. The quantitative estimate of drug-likeness (QED) is 0.845. The van der Waals surface area contributed by atoms with Crippen LogP contribution in [0.3, 0.4) is 0 Å². The molecule has 2 aromatic carbocycles. The van der Waals surface area contributed by atoms with Gasteiger partial charge in [-0.25, -0.2) is 4.99 Å². The Hall–Kier alpha value is -1.84. The van der Waals surface area contributed by atoms with Crippen LogP contribution in [0.15, 0.2) is 47.5 Å². The van der Waals surface area contributed by atoms with Crippen molar-refractivity contribution >= 4 is 46.2 Å². The van der Waals surface area contributed by atoms with Crippen LogP contribution in [0.5, 0.6) is 0 Å². The number of rotatable bonds is 1. The molecule has 0 saturated heterocycles. The first-order chi connectivity index (χ1) is 9.16. The first kappa shape index (κ1) is 12.2. The maximum Gasteiger partial charge on any atom is 0.275 e. The number of hydrogen-bond acceptors (Lipinski definition) is 2. The minimum Gasteiger partial charge on any atom is -0.320 e. The fourth-order valence-corrected chi connectivity index (χ4v) is 2.40. The summed E-state index contributed by atoms with van der Waals surface area (Å²) in [6.45, 7) is 0. The van der Waals surface area contributed by atoms with Crippen LogP contribution in [-0.4, -0.2) is 11.6 Å². The highest BCUT2D eigenvalue weighted by Gasteiger charge is 2.25. The summed E-state index contributed by atoms with van der Waals surface area (Å²) >= 11 is 12.1. The van der Waals surface area contributed by atoms with Crippen LogP contribution in [-0.2, 0) is 4.79 Å². The molecule has 5 heteroatoms. The lowest BCUT2D eigenvalue weighted by atomic mass is 10.1. The van der Waals surface area contributed by atoms with Gasteiger partial charge in [0.05, 0.1) is 15.7 Å². The first-order valence-corrected chi connectivity index (χ1v) is 6.36. The van der Waals surface area contributed by atoms with Crippen molar-refractivity contribution < 1.29 is 4.79 Å². The third-order valence-electron chi connectivity index (χ3n) is 2.81. The van der Waals surface area contributed by atoms with Gasteiger partial charge >= 0.3 is 0 Å². The lowest BCUT2D eigenvalue weighted by Crippen LogP contribution is -2.13. The van der Waals surface area contributed by atoms with E-state index in [1.54, 1.807) is 18.2 Å². The zero-order valence-corrected chi connectivity index (χ0v) is 11.2. The number of para-hydroxylation sites is 2. The molecule has 1 heterocycles. The van der Waals surface area contributed by atoms with Crippen molar-refractivity contribution in [2.45, 2.75) is 0 Å². The molecule has 0 fully saturated rings. The Kier molecular flexibility index (Phi) is 3.01. The molecule has 0 aromatic heterocycles. The Labute approximate surface area is 119 Å². The van der Waals surface area contributed by atoms with E-state index in [1.807, 2.05) is 24.3 Å². The molecule has 1 aliphatic rings. The minimum absolute atomic E-state index is 0.253. The third-order valence-corrected chi connectivity index (χ3v) is 3.42. The van der Waals surface area contributed by atoms with Gasteiger partial charge in [-0.2, -0.15) is 0 Å². The van der Waals surface area contributed by atoms with Gasteiger partial charge in [-0.1, -0.05) is 47.5 Å². The Morgan fingerprint density at radius 2 is 1.63 bits per heavy atom. The molecule has 0 bridgehead atoms. The molecule has 0 atom stereocenters. The van der Waals surface area contributed by atoms with Crippen molar-refractivity contribution in [2.24, 2.45) is 4.99 Å². The van der Waals surface area contributed by atoms with Gasteiger partial charge in [0.1, 0.15) is 11.4 Å². The summed E-state index contributed by atoms with van der Waals surface area (Å²) in [5.41, 5.74) is 2.23. The second-order valence-electron chi connectivity index (χ2n) is 4.03. The number of amides is 1. The van der Waals surface area contributed by atoms with Crippen LogP contribution >= 0.6 is 23.2 Å². The molecule has 2 aromatic rings. The lowest BCUT2D eigenvalue weighted by Gasteiger charge is -2.02. The Morgan fingerprint density at radius 3 is 2.37 bits per heavy atom. The highest BCUT2D eigenvalue weighted by molar-refractivity contribution is 6.54. The number of fused-ring (bicyclic) bond motifs is 1. The van der Waals surface area contributed by atoms with Gasteiger partial charge < -0.3 is 5.32 Å². The van der Waals surface area contributed by atoms with Gasteiger partial charge in [0.15, 0.2) is 0 Å². The van der Waals surface area contributed by atoms with E-state index >= 15 is 0 Å². The summed E-state index contributed by atoms with van der Waals surface area (Å²) < 4.78 is 0. The number of carbonyl (C=O) groups is 1. The summed E-state index contributed by atoms with van der Waals surface area (Å²) in [5.74, 6) is -0.253. The summed E-state index contributed by atoms with van der Waals surface area (Å²) in [4.78, 5) is 16.3. The molecular formula is C14H8Cl2N2O.